The number of unbranched alkanes of at least 4 members (excludes halogenated alkanes) is 11. The van der Waals surface area contributed by atoms with Crippen LogP contribution in [-0.2, 0) is 19.1 Å². The van der Waals surface area contributed by atoms with Crippen LogP contribution in [0.15, 0.2) is 23.3 Å². The first kappa shape index (κ1) is 41.1. The van der Waals surface area contributed by atoms with Crippen molar-refractivity contribution in [3.05, 3.63) is 23.3 Å². The van der Waals surface area contributed by atoms with Gasteiger partial charge in [-0.15, -0.1) is 0 Å². The van der Waals surface area contributed by atoms with Crippen LogP contribution >= 0.6 is 21.6 Å². The third-order valence-corrected chi connectivity index (χ3v) is 9.47. The summed E-state index contributed by atoms with van der Waals surface area (Å²) >= 11 is 0. The average Bonchev–Trinajstić information content (AvgIpc) is 2.93. The van der Waals surface area contributed by atoms with Crippen LogP contribution in [0.3, 0.4) is 0 Å². The predicted molar refractivity (Wildman–Crippen MR) is 186 cm³/mol. The second-order valence-electron chi connectivity index (χ2n) is 12.1. The molecule has 0 amide bonds. The number of rotatable bonds is 29. The molecule has 0 bridgehead atoms. The molecule has 0 fully saturated rings. The monoisotopic (exact) mass is 627 g/mol. The van der Waals surface area contributed by atoms with Gasteiger partial charge in [0, 0.05) is 18.1 Å². The molecule has 0 aliphatic heterocycles. The van der Waals surface area contributed by atoms with Crippen molar-refractivity contribution < 1.29 is 19.1 Å². The smallest absolute Gasteiger partial charge is 0.307 e. The highest BCUT2D eigenvalue weighted by Crippen LogP contribution is 2.24. The highest BCUT2D eigenvalue weighted by molar-refractivity contribution is 8.76. The molecule has 1 atom stereocenters. The van der Waals surface area contributed by atoms with Gasteiger partial charge in [-0.05, 0) is 73.0 Å². The van der Waals surface area contributed by atoms with Gasteiger partial charge < -0.3 is 14.4 Å². The van der Waals surface area contributed by atoms with E-state index >= 15 is 0 Å². The zero-order valence-electron chi connectivity index (χ0n) is 28.2. The Kier molecular flexibility index (Phi) is 29.5. The first-order valence-corrected chi connectivity index (χ1v) is 19.3. The number of carbonyl (C=O) groups excluding carboxylic acids is 2. The average molecular weight is 628 g/mol. The van der Waals surface area contributed by atoms with E-state index in [-0.39, 0.29) is 18.0 Å². The van der Waals surface area contributed by atoms with E-state index in [4.69, 9.17) is 9.47 Å². The first-order chi connectivity index (χ1) is 20.2. The van der Waals surface area contributed by atoms with Crippen LogP contribution in [0, 0.1) is 0 Å². The maximum Gasteiger partial charge on any atom is 0.307 e. The van der Waals surface area contributed by atoms with Crippen molar-refractivity contribution >= 4 is 33.5 Å². The van der Waals surface area contributed by atoms with Gasteiger partial charge in [-0.25, -0.2) is 0 Å². The topological polar surface area (TPSA) is 55.8 Å². The van der Waals surface area contributed by atoms with Crippen LogP contribution in [0.1, 0.15) is 143 Å². The number of ether oxygens (including phenoxy) is 2. The van der Waals surface area contributed by atoms with Gasteiger partial charge in [-0.3, -0.25) is 9.59 Å². The highest BCUT2D eigenvalue weighted by atomic mass is 33.1. The molecule has 0 aromatic rings. The number of hydrogen-bond acceptors (Lipinski definition) is 7. The van der Waals surface area contributed by atoms with E-state index in [1.165, 1.54) is 81.8 Å². The second-order valence-corrected chi connectivity index (χ2v) is 14.8. The second kappa shape index (κ2) is 30.1. The van der Waals surface area contributed by atoms with E-state index < -0.39 is 0 Å². The standard InChI is InChI=1S/C35H65NO4S2/c1-7-8-9-10-11-12-13-14-15-16-17-18-23-33(30-32(4)22-19-21-31(2)3)40-35(38)25-29-42-41-28-24-34(37)39-27-20-26-36(5)6/h21,30,33H,7-20,22-29H2,1-6H3/b32-30+. The van der Waals surface area contributed by atoms with Crippen molar-refractivity contribution in [2.24, 2.45) is 0 Å². The molecule has 42 heavy (non-hydrogen) atoms. The maximum atomic E-state index is 12.6. The molecular weight excluding hydrogens is 563 g/mol. The molecule has 246 valence electrons. The molecule has 0 aliphatic carbocycles. The molecule has 0 saturated carbocycles. The molecule has 7 heteroatoms. The lowest BCUT2D eigenvalue weighted by Crippen LogP contribution is -2.17. The fourth-order valence-corrected chi connectivity index (χ4v) is 6.53. The summed E-state index contributed by atoms with van der Waals surface area (Å²) in [5.41, 5.74) is 2.64. The Bertz CT molecular complexity index is 720. The Morgan fingerprint density at radius 3 is 1.83 bits per heavy atom. The minimum absolute atomic E-state index is 0.124. The van der Waals surface area contributed by atoms with Crippen molar-refractivity contribution in [1.82, 2.24) is 4.90 Å². The number of allylic oxidation sites excluding steroid dienone is 3. The minimum atomic E-state index is -0.145. The molecule has 0 rings (SSSR count). The summed E-state index contributed by atoms with van der Waals surface area (Å²) in [6.45, 7) is 10.1. The van der Waals surface area contributed by atoms with Gasteiger partial charge in [0.05, 0.1) is 19.4 Å². The minimum Gasteiger partial charge on any atom is -0.466 e. The van der Waals surface area contributed by atoms with Crippen LogP contribution in [-0.4, -0.2) is 61.7 Å². The van der Waals surface area contributed by atoms with Gasteiger partial charge in [0.1, 0.15) is 6.10 Å². The Hall–Kier alpha value is -0.920. The molecule has 0 N–H and O–H groups in total. The summed E-state index contributed by atoms with van der Waals surface area (Å²) in [6, 6.07) is 0. The summed E-state index contributed by atoms with van der Waals surface area (Å²) in [4.78, 5) is 26.5. The Morgan fingerprint density at radius 1 is 0.738 bits per heavy atom. The molecule has 0 spiro atoms. The molecule has 5 nitrogen and oxygen atoms in total. The molecule has 0 aromatic heterocycles. The Morgan fingerprint density at radius 2 is 1.29 bits per heavy atom. The summed E-state index contributed by atoms with van der Waals surface area (Å²) < 4.78 is 11.2. The van der Waals surface area contributed by atoms with Gasteiger partial charge >= 0.3 is 11.9 Å². The summed E-state index contributed by atoms with van der Waals surface area (Å²) in [5.74, 6) is 1.12. The lowest BCUT2D eigenvalue weighted by Gasteiger charge is -2.16. The number of esters is 2. The van der Waals surface area contributed by atoms with Crippen molar-refractivity contribution in [2.75, 3.05) is 38.8 Å². The van der Waals surface area contributed by atoms with Crippen LogP contribution in [0.5, 0.6) is 0 Å². The quantitative estimate of drug-likeness (QED) is 0.0354. The lowest BCUT2D eigenvalue weighted by molar-refractivity contribution is -0.146. The van der Waals surface area contributed by atoms with Crippen LogP contribution in [0.25, 0.3) is 0 Å². The van der Waals surface area contributed by atoms with Gasteiger partial charge in [0.2, 0.25) is 0 Å². The highest BCUT2D eigenvalue weighted by Gasteiger charge is 2.13. The largest absolute Gasteiger partial charge is 0.466 e. The van der Waals surface area contributed by atoms with Crippen molar-refractivity contribution in [2.45, 2.75) is 149 Å². The molecular formula is C35H65NO4S2. The van der Waals surface area contributed by atoms with Gasteiger partial charge in [0.15, 0.2) is 0 Å². The van der Waals surface area contributed by atoms with Gasteiger partial charge in [-0.2, -0.15) is 0 Å². The molecule has 0 radical (unpaired) electrons. The molecule has 0 aliphatic rings. The fourth-order valence-electron chi connectivity index (χ4n) is 4.59. The molecule has 0 heterocycles. The SMILES string of the molecule is CCCCCCCCCCCCCCC(/C=C(\C)CCC=C(C)C)OC(=O)CCSSCCC(=O)OCCCN(C)C. The normalized spacial score (nSPS) is 12.4. The zero-order valence-corrected chi connectivity index (χ0v) is 29.8. The van der Waals surface area contributed by atoms with E-state index in [0.717, 1.165) is 38.6 Å². The van der Waals surface area contributed by atoms with E-state index in [1.54, 1.807) is 21.6 Å². The van der Waals surface area contributed by atoms with Gasteiger partial charge in [-0.1, -0.05) is 116 Å². The van der Waals surface area contributed by atoms with Crippen LogP contribution in [0.2, 0.25) is 0 Å². The van der Waals surface area contributed by atoms with Crippen molar-refractivity contribution in [3.63, 3.8) is 0 Å². The first-order valence-electron chi connectivity index (χ1n) is 16.8. The molecule has 1 unspecified atom stereocenters. The van der Waals surface area contributed by atoms with E-state index in [0.29, 0.717) is 31.0 Å². The van der Waals surface area contributed by atoms with Gasteiger partial charge in [0.25, 0.3) is 0 Å². The van der Waals surface area contributed by atoms with E-state index in [9.17, 15) is 9.59 Å². The Labute approximate surface area is 268 Å². The zero-order chi connectivity index (χ0) is 31.3. The third kappa shape index (κ3) is 30.5. The van der Waals surface area contributed by atoms with Crippen LogP contribution < -0.4 is 0 Å². The molecule has 0 aromatic carbocycles. The fraction of sp³-hybridized carbons (Fsp3) is 0.829. The molecule has 0 saturated heterocycles. The Balaban J connectivity index is 4.26. The summed E-state index contributed by atoms with van der Waals surface area (Å²) in [5, 5.41) is 0. The van der Waals surface area contributed by atoms with E-state index in [2.05, 4.69) is 44.7 Å². The van der Waals surface area contributed by atoms with E-state index in [1.807, 2.05) is 14.1 Å². The van der Waals surface area contributed by atoms with Crippen LogP contribution in [0.4, 0.5) is 0 Å². The lowest BCUT2D eigenvalue weighted by atomic mass is 10.0. The van der Waals surface area contributed by atoms with Crippen molar-refractivity contribution in [3.8, 4) is 0 Å². The third-order valence-electron chi connectivity index (χ3n) is 7.06. The number of carbonyl (C=O) groups is 2. The number of hydrogen-bond donors (Lipinski definition) is 0. The number of nitrogens with zero attached hydrogens (tertiary/aromatic N) is 1. The maximum absolute atomic E-state index is 12.6. The summed E-state index contributed by atoms with van der Waals surface area (Å²) in [7, 11) is 7.27. The van der Waals surface area contributed by atoms with Crippen molar-refractivity contribution in [1.29, 1.82) is 0 Å². The predicted octanol–water partition coefficient (Wildman–Crippen LogP) is 10.3. The summed E-state index contributed by atoms with van der Waals surface area (Å²) in [6.07, 6.45) is 24.8.